The first-order valence-corrected chi connectivity index (χ1v) is 13.5. The SMILES string of the molecule is COC1CCCC[C@@H](c2ccc(F)c(F)c2)OC(=O)[C@@H](C)[C@@]2(O)O[C@H]([C@@H](C)[C@H](O)[C@H]2OC)[C@@H](C)/C=C/[C@H]1OC. The van der Waals surface area contributed by atoms with Crippen LogP contribution in [0.5, 0.6) is 0 Å². The molecule has 0 saturated carbocycles. The van der Waals surface area contributed by atoms with Gasteiger partial charge in [-0.3, -0.25) is 4.79 Å². The van der Waals surface area contributed by atoms with Crippen LogP contribution in [0.3, 0.4) is 0 Å². The van der Waals surface area contributed by atoms with Crippen LogP contribution in [0.15, 0.2) is 30.4 Å². The lowest BCUT2D eigenvalue weighted by molar-refractivity contribution is -0.360. The predicted octanol–water partition coefficient (Wildman–Crippen LogP) is 4.08. The molecule has 0 aliphatic carbocycles. The van der Waals surface area contributed by atoms with E-state index in [9.17, 15) is 23.8 Å². The van der Waals surface area contributed by atoms with Gasteiger partial charge in [0, 0.05) is 33.2 Å². The average molecular weight is 557 g/mol. The molecular weight excluding hydrogens is 514 g/mol. The van der Waals surface area contributed by atoms with Crippen molar-refractivity contribution in [2.75, 3.05) is 21.3 Å². The van der Waals surface area contributed by atoms with Crippen LogP contribution in [-0.2, 0) is 28.5 Å². The van der Waals surface area contributed by atoms with Gasteiger partial charge in [-0.2, -0.15) is 0 Å². The summed E-state index contributed by atoms with van der Waals surface area (Å²) < 4.78 is 56.6. The second-order valence-corrected chi connectivity index (χ2v) is 10.7. The first-order valence-electron chi connectivity index (χ1n) is 13.5. The summed E-state index contributed by atoms with van der Waals surface area (Å²) in [6, 6.07) is 3.36. The molecule has 8 nitrogen and oxygen atoms in total. The number of carbonyl (C=O) groups is 1. The van der Waals surface area contributed by atoms with E-state index in [0.29, 0.717) is 25.7 Å². The summed E-state index contributed by atoms with van der Waals surface area (Å²) >= 11 is 0. The van der Waals surface area contributed by atoms with E-state index in [2.05, 4.69) is 0 Å². The van der Waals surface area contributed by atoms with E-state index in [-0.39, 0.29) is 23.7 Å². The molecule has 1 aromatic rings. The lowest BCUT2D eigenvalue weighted by Crippen LogP contribution is -2.66. The Kier molecular flexibility index (Phi) is 11.0. The Labute approximate surface area is 229 Å². The van der Waals surface area contributed by atoms with Crippen LogP contribution >= 0.6 is 0 Å². The largest absolute Gasteiger partial charge is 0.457 e. The number of cyclic esters (lactones) is 1. The highest BCUT2D eigenvalue weighted by Gasteiger charge is 2.58. The minimum Gasteiger partial charge on any atom is -0.457 e. The summed E-state index contributed by atoms with van der Waals surface area (Å²) in [7, 11) is 4.52. The first-order chi connectivity index (χ1) is 18.5. The summed E-state index contributed by atoms with van der Waals surface area (Å²) in [5.74, 6) is -7.14. The fraction of sp³-hybridized carbons (Fsp3) is 0.690. The van der Waals surface area contributed by atoms with E-state index in [1.165, 1.54) is 20.1 Å². The third-order valence-corrected chi connectivity index (χ3v) is 8.17. The van der Waals surface area contributed by atoms with Gasteiger partial charge in [0.25, 0.3) is 0 Å². The molecule has 10 heteroatoms. The Morgan fingerprint density at radius 2 is 1.67 bits per heavy atom. The maximum absolute atomic E-state index is 14.1. The second kappa shape index (κ2) is 13.6. The van der Waals surface area contributed by atoms with Crippen LogP contribution in [0.25, 0.3) is 0 Å². The van der Waals surface area contributed by atoms with E-state index in [0.717, 1.165) is 12.1 Å². The van der Waals surface area contributed by atoms with Crippen molar-refractivity contribution in [2.24, 2.45) is 17.8 Å². The van der Waals surface area contributed by atoms with Gasteiger partial charge in [0.2, 0.25) is 5.79 Å². The number of hydrogen-bond donors (Lipinski definition) is 2. The maximum Gasteiger partial charge on any atom is 0.314 e. The molecule has 1 saturated heterocycles. The Bertz CT molecular complexity index is 990. The first kappa shape index (κ1) is 31.6. The van der Waals surface area contributed by atoms with Crippen LogP contribution in [-0.4, -0.2) is 73.8 Å². The summed E-state index contributed by atoms with van der Waals surface area (Å²) in [4.78, 5) is 13.4. The van der Waals surface area contributed by atoms with Gasteiger partial charge in [-0.1, -0.05) is 38.5 Å². The number of aliphatic hydroxyl groups is 2. The summed E-state index contributed by atoms with van der Waals surface area (Å²) in [5.41, 5.74) is 0.288. The zero-order valence-electron chi connectivity index (χ0n) is 23.5. The van der Waals surface area contributed by atoms with E-state index < -0.39 is 59.6 Å². The zero-order chi connectivity index (χ0) is 28.9. The van der Waals surface area contributed by atoms with Gasteiger partial charge in [0.15, 0.2) is 11.6 Å². The molecule has 2 aliphatic heterocycles. The van der Waals surface area contributed by atoms with E-state index >= 15 is 0 Å². The number of hydrogen-bond acceptors (Lipinski definition) is 8. The van der Waals surface area contributed by atoms with Crippen molar-refractivity contribution in [3.05, 3.63) is 47.5 Å². The fourth-order valence-corrected chi connectivity index (χ4v) is 5.61. The van der Waals surface area contributed by atoms with Crippen molar-refractivity contribution in [1.29, 1.82) is 0 Å². The van der Waals surface area contributed by atoms with Crippen molar-refractivity contribution < 1.29 is 47.5 Å². The zero-order valence-corrected chi connectivity index (χ0v) is 23.5. The smallest absolute Gasteiger partial charge is 0.314 e. The Hall–Kier alpha value is -1.95. The van der Waals surface area contributed by atoms with Gasteiger partial charge in [-0.05, 0) is 43.9 Å². The van der Waals surface area contributed by atoms with Crippen LogP contribution in [0.4, 0.5) is 8.78 Å². The second-order valence-electron chi connectivity index (χ2n) is 10.7. The van der Waals surface area contributed by atoms with Crippen LogP contribution in [0.2, 0.25) is 0 Å². The van der Waals surface area contributed by atoms with Crippen molar-refractivity contribution in [3.8, 4) is 0 Å². The molecule has 1 fully saturated rings. The van der Waals surface area contributed by atoms with Crippen molar-refractivity contribution in [3.63, 3.8) is 0 Å². The monoisotopic (exact) mass is 556 g/mol. The molecule has 220 valence electrons. The predicted molar refractivity (Wildman–Crippen MR) is 139 cm³/mol. The molecular formula is C29H42F2O8. The molecule has 2 heterocycles. The standard InChI is InChI=1S/C29H42F2O8/c1-16-11-14-24(36-5)23(35-4)10-8-7-9-22(19-12-13-20(30)21(31)15-19)38-28(33)18(3)29(34)27(37-6)25(32)17(2)26(16)39-29/h11-18,22-27,32,34H,7-10H2,1-6H3/b14-11+/t16-,17-,18+,22-,23?,24+,25-,26-,27+,29+/m0/s1. The van der Waals surface area contributed by atoms with Crippen molar-refractivity contribution >= 4 is 5.97 Å². The van der Waals surface area contributed by atoms with Crippen LogP contribution in [0, 0.1) is 29.4 Å². The van der Waals surface area contributed by atoms with Gasteiger partial charge in [-0.15, -0.1) is 0 Å². The number of rotatable bonds is 4. The lowest BCUT2D eigenvalue weighted by Gasteiger charge is -2.51. The molecule has 1 unspecified atom stereocenters. The minimum atomic E-state index is -2.23. The Morgan fingerprint density at radius 1 is 0.974 bits per heavy atom. The highest BCUT2D eigenvalue weighted by molar-refractivity contribution is 5.73. The number of fused-ring (bicyclic) bond motifs is 2. The van der Waals surface area contributed by atoms with Gasteiger partial charge in [0.05, 0.1) is 18.3 Å². The molecule has 0 radical (unpaired) electrons. The highest BCUT2D eigenvalue weighted by Crippen LogP contribution is 2.42. The van der Waals surface area contributed by atoms with Gasteiger partial charge in [0.1, 0.15) is 24.2 Å². The quantitative estimate of drug-likeness (QED) is 0.423. The Morgan fingerprint density at radius 3 is 2.28 bits per heavy atom. The van der Waals surface area contributed by atoms with E-state index in [4.69, 9.17) is 23.7 Å². The topological polar surface area (TPSA) is 104 Å². The minimum absolute atomic E-state index is 0.263. The molecule has 2 bridgehead atoms. The number of ether oxygens (including phenoxy) is 5. The lowest BCUT2D eigenvalue weighted by atomic mass is 9.78. The number of esters is 1. The molecule has 1 aromatic carbocycles. The van der Waals surface area contributed by atoms with Gasteiger partial charge >= 0.3 is 5.97 Å². The van der Waals surface area contributed by atoms with Gasteiger partial charge in [-0.25, -0.2) is 8.78 Å². The average Bonchev–Trinajstić information content (AvgIpc) is 2.91. The third kappa shape index (κ3) is 6.86. The number of aliphatic hydroxyl groups excluding tert-OH is 1. The molecule has 2 N–H and O–H groups in total. The number of methoxy groups -OCH3 is 3. The maximum atomic E-state index is 14.1. The summed E-state index contributed by atoms with van der Waals surface area (Å²) in [6.45, 7) is 5.11. The number of benzene rings is 1. The normalized spacial score (nSPS) is 39.6. The Balaban J connectivity index is 2.03. The molecule has 39 heavy (non-hydrogen) atoms. The third-order valence-electron chi connectivity index (χ3n) is 8.17. The molecule has 2 aliphatic rings. The summed E-state index contributed by atoms with van der Waals surface area (Å²) in [6.07, 6.45) is 1.41. The van der Waals surface area contributed by atoms with Crippen molar-refractivity contribution in [1.82, 2.24) is 0 Å². The molecule has 0 aromatic heterocycles. The number of halogens is 2. The number of carbonyl (C=O) groups excluding carboxylic acids is 1. The molecule has 0 amide bonds. The van der Waals surface area contributed by atoms with E-state index in [1.54, 1.807) is 21.1 Å². The molecule has 10 atom stereocenters. The van der Waals surface area contributed by atoms with Crippen LogP contribution < -0.4 is 0 Å². The van der Waals surface area contributed by atoms with Crippen molar-refractivity contribution in [2.45, 2.75) is 88.9 Å². The highest BCUT2D eigenvalue weighted by atomic mass is 19.2. The molecule has 0 spiro atoms. The van der Waals surface area contributed by atoms with Gasteiger partial charge < -0.3 is 33.9 Å². The van der Waals surface area contributed by atoms with E-state index in [1.807, 2.05) is 19.1 Å². The van der Waals surface area contributed by atoms with Crippen LogP contribution in [0.1, 0.15) is 58.1 Å². The fourth-order valence-electron chi connectivity index (χ4n) is 5.61. The molecule has 3 rings (SSSR count). The summed E-state index contributed by atoms with van der Waals surface area (Å²) in [5, 5.41) is 22.9.